The monoisotopic (exact) mass is 294 g/mol. The first kappa shape index (κ1) is 18.3. The number of aliphatic carboxylic acids is 1. The molecule has 0 aromatic carbocycles. The van der Waals surface area contributed by atoms with Crippen molar-refractivity contribution in [3.05, 3.63) is 0 Å². The van der Waals surface area contributed by atoms with Crippen LogP contribution < -0.4 is 9.44 Å². The zero-order valence-electron chi connectivity index (χ0n) is 12.0. The Morgan fingerprint density at radius 2 is 1.74 bits per heavy atom. The minimum atomic E-state index is -3.41. The molecule has 0 rings (SSSR count). The van der Waals surface area contributed by atoms with Gasteiger partial charge in [-0.15, -0.1) is 0 Å². The van der Waals surface area contributed by atoms with Gasteiger partial charge in [-0.25, -0.2) is 9.44 Å². The van der Waals surface area contributed by atoms with Gasteiger partial charge in [0.05, 0.1) is 0 Å². The summed E-state index contributed by atoms with van der Waals surface area (Å²) in [6, 6.07) is 0. The zero-order valence-corrected chi connectivity index (χ0v) is 12.8. The average molecular weight is 294 g/mol. The van der Waals surface area contributed by atoms with E-state index in [-0.39, 0.29) is 12.3 Å². The van der Waals surface area contributed by atoms with E-state index in [4.69, 9.17) is 5.11 Å². The molecule has 0 bridgehead atoms. The van der Waals surface area contributed by atoms with Gasteiger partial charge in [-0.1, -0.05) is 20.8 Å². The van der Waals surface area contributed by atoms with Gasteiger partial charge >= 0.3 is 5.97 Å². The van der Waals surface area contributed by atoms with Crippen molar-refractivity contribution in [3.8, 4) is 0 Å². The highest BCUT2D eigenvalue weighted by Gasteiger charge is 2.16. The Kier molecular flexibility index (Phi) is 8.95. The lowest BCUT2D eigenvalue weighted by molar-refractivity contribution is -0.137. The van der Waals surface area contributed by atoms with E-state index >= 15 is 0 Å². The maximum absolute atomic E-state index is 11.5. The van der Waals surface area contributed by atoms with Crippen molar-refractivity contribution in [2.75, 3.05) is 13.1 Å². The van der Waals surface area contributed by atoms with E-state index < -0.39 is 16.2 Å². The van der Waals surface area contributed by atoms with Crippen LogP contribution in [0.15, 0.2) is 0 Å². The molecule has 0 radical (unpaired) electrons. The number of hydrogen-bond acceptors (Lipinski definition) is 3. The zero-order chi connectivity index (χ0) is 14.9. The van der Waals surface area contributed by atoms with Gasteiger partial charge in [0.1, 0.15) is 0 Å². The molecule has 3 N–H and O–H groups in total. The lowest BCUT2D eigenvalue weighted by atomic mass is 9.88. The third-order valence-corrected chi connectivity index (χ3v) is 4.19. The van der Waals surface area contributed by atoms with Crippen LogP contribution in [0, 0.1) is 11.8 Å². The molecule has 0 amide bonds. The molecule has 0 fully saturated rings. The van der Waals surface area contributed by atoms with E-state index in [1.807, 2.05) is 20.8 Å². The minimum absolute atomic E-state index is 0.129. The quantitative estimate of drug-likeness (QED) is 0.536. The average Bonchev–Trinajstić information content (AvgIpc) is 2.30. The summed E-state index contributed by atoms with van der Waals surface area (Å²) in [7, 11) is -3.41. The van der Waals surface area contributed by atoms with Gasteiger partial charge in [-0.2, -0.15) is 8.42 Å². The molecule has 0 spiro atoms. The molecule has 0 aromatic rings. The number of rotatable bonds is 11. The van der Waals surface area contributed by atoms with E-state index in [1.165, 1.54) is 0 Å². The van der Waals surface area contributed by atoms with Crippen LogP contribution in [-0.4, -0.2) is 32.6 Å². The summed E-state index contributed by atoms with van der Waals surface area (Å²) in [4.78, 5) is 10.6. The summed E-state index contributed by atoms with van der Waals surface area (Å²) in [6.07, 6.45) is 2.10. The van der Waals surface area contributed by atoms with E-state index in [9.17, 15) is 13.2 Å². The van der Waals surface area contributed by atoms with Crippen molar-refractivity contribution < 1.29 is 18.3 Å². The third-order valence-electron chi connectivity index (χ3n) is 3.02. The summed E-state index contributed by atoms with van der Waals surface area (Å²) in [6.45, 7) is 6.69. The standard InChI is InChI=1S/C12H26N2O4S/c1-4-8-13-19(17,18)14-9-7-11(10(2)3)5-6-12(15)16/h10-11,13-14H,4-9H2,1-3H3,(H,15,16). The SMILES string of the molecule is CCCNS(=O)(=O)NCCC(CCC(=O)O)C(C)C. The first-order chi connectivity index (χ1) is 8.78. The second kappa shape index (κ2) is 9.28. The molecule has 6 nitrogen and oxygen atoms in total. The summed E-state index contributed by atoms with van der Waals surface area (Å²) in [5.41, 5.74) is 0. The van der Waals surface area contributed by atoms with Gasteiger partial charge < -0.3 is 5.11 Å². The second-order valence-electron chi connectivity index (χ2n) is 5.02. The Morgan fingerprint density at radius 3 is 2.21 bits per heavy atom. The van der Waals surface area contributed by atoms with Crippen molar-refractivity contribution >= 4 is 16.2 Å². The predicted molar refractivity (Wildman–Crippen MR) is 75.0 cm³/mol. The molecule has 0 aliphatic rings. The molecule has 0 saturated carbocycles. The van der Waals surface area contributed by atoms with Crippen LogP contribution in [0.4, 0.5) is 0 Å². The molecule has 1 atom stereocenters. The second-order valence-corrected chi connectivity index (χ2v) is 6.60. The van der Waals surface area contributed by atoms with Gasteiger partial charge in [0, 0.05) is 19.5 Å². The van der Waals surface area contributed by atoms with Crippen molar-refractivity contribution in [1.29, 1.82) is 0 Å². The minimum Gasteiger partial charge on any atom is -0.481 e. The Hall–Kier alpha value is -0.660. The molecule has 0 saturated heterocycles. The molecule has 0 aliphatic carbocycles. The normalized spacial score (nSPS) is 13.7. The molecule has 0 aromatic heterocycles. The van der Waals surface area contributed by atoms with Crippen LogP contribution in [0.5, 0.6) is 0 Å². The summed E-state index contributed by atoms with van der Waals surface area (Å²) < 4.78 is 27.9. The van der Waals surface area contributed by atoms with Gasteiger partial charge in [0.2, 0.25) is 0 Å². The van der Waals surface area contributed by atoms with Crippen LogP contribution in [0.3, 0.4) is 0 Å². The van der Waals surface area contributed by atoms with E-state index in [2.05, 4.69) is 9.44 Å². The molecule has 7 heteroatoms. The van der Waals surface area contributed by atoms with Crippen molar-refractivity contribution in [3.63, 3.8) is 0 Å². The summed E-state index contributed by atoms with van der Waals surface area (Å²) >= 11 is 0. The van der Waals surface area contributed by atoms with E-state index in [0.29, 0.717) is 31.8 Å². The Balaban J connectivity index is 4.08. The highest BCUT2D eigenvalue weighted by atomic mass is 32.2. The van der Waals surface area contributed by atoms with Gasteiger partial charge in [-0.05, 0) is 31.1 Å². The molecule has 0 aliphatic heterocycles. The van der Waals surface area contributed by atoms with Crippen LogP contribution in [0.2, 0.25) is 0 Å². The molecule has 1 unspecified atom stereocenters. The smallest absolute Gasteiger partial charge is 0.303 e. The predicted octanol–water partition coefficient (Wildman–Crippen LogP) is 1.35. The molecule has 19 heavy (non-hydrogen) atoms. The highest BCUT2D eigenvalue weighted by molar-refractivity contribution is 7.87. The maximum atomic E-state index is 11.5. The first-order valence-electron chi connectivity index (χ1n) is 6.74. The summed E-state index contributed by atoms with van der Waals surface area (Å²) in [5.74, 6) is -0.256. The number of hydrogen-bond donors (Lipinski definition) is 3. The van der Waals surface area contributed by atoms with Crippen LogP contribution in [0.25, 0.3) is 0 Å². The fourth-order valence-corrected chi connectivity index (χ4v) is 2.75. The lowest BCUT2D eigenvalue weighted by Gasteiger charge is -2.20. The molecular formula is C12H26N2O4S. The Morgan fingerprint density at radius 1 is 1.16 bits per heavy atom. The largest absolute Gasteiger partial charge is 0.481 e. The fourth-order valence-electron chi connectivity index (χ4n) is 1.79. The van der Waals surface area contributed by atoms with E-state index in [0.717, 1.165) is 6.42 Å². The first-order valence-corrected chi connectivity index (χ1v) is 8.22. The van der Waals surface area contributed by atoms with Gasteiger partial charge in [0.25, 0.3) is 10.2 Å². The topological polar surface area (TPSA) is 95.5 Å². The van der Waals surface area contributed by atoms with Gasteiger partial charge in [0.15, 0.2) is 0 Å². The van der Waals surface area contributed by atoms with Crippen molar-refractivity contribution in [2.45, 2.75) is 46.5 Å². The molecule has 114 valence electrons. The maximum Gasteiger partial charge on any atom is 0.303 e. The number of carboxylic acid groups (broad SMARTS) is 1. The number of nitrogens with one attached hydrogen (secondary N) is 2. The Bertz CT molecular complexity index is 355. The van der Waals surface area contributed by atoms with Crippen LogP contribution >= 0.6 is 0 Å². The van der Waals surface area contributed by atoms with Crippen LogP contribution in [-0.2, 0) is 15.0 Å². The lowest BCUT2D eigenvalue weighted by Crippen LogP contribution is -2.38. The third kappa shape index (κ3) is 9.86. The summed E-state index contributed by atoms with van der Waals surface area (Å²) in [5, 5.41) is 8.67. The van der Waals surface area contributed by atoms with Crippen molar-refractivity contribution in [1.82, 2.24) is 9.44 Å². The van der Waals surface area contributed by atoms with Crippen LogP contribution in [0.1, 0.15) is 46.5 Å². The number of carbonyl (C=O) groups is 1. The molecule has 0 heterocycles. The highest BCUT2D eigenvalue weighted by Crippen LogP contribution is 2.20. The van der Waals surface area contributed by atoms with E-state index in [1.54, 1.807) is 0 Å². The fraction of sp³-hybridized carbons (Fsp3) is 0.917. The Labute approximate surface area is 116 Å². The van der Waals surface area contributed by atoms with Crippen molar-refractivity contribution in [2.24, 2.45) is 11.8 Å². The number of carboxylic acids is 1. The van der Waals surface area contributed by atoms with Gasteiger partial charge in [-0.3, -0.25) is 4.79 Å². The molecular weight excluding hydrogens is 268 g/mol.